The molecule has 0 unspecified atom stereocenters. The maximum absolute atomic E-state index is 12.1. The molecule has 2 heterocycles. The predicted octanol–water partition coefficient (Wildman–Crippen LogP) is 3.41. The Labute approximate surface area is 147 Å². The summed E-state index contributed by atoms with van der Waals surface area (Å²) in [5.41, 5.74) is -0.554. The summed E-state index contributed by atoms with van der Waals surface area (Å²) < 4.78 is 11.0. The molecule has 1 aliphatic rings. The molecule has 1 aromatic heterocycles. The summed E-state index contributed by atoms with van der Waals surface area (Å²) in [7, 11) is 0. The Hall–Kier alpha value is -2.38. The first-order valence-corrected chi connectivity index (χ1v) is 8.46. The average molecular weight is 351 g/mol. The maximum atomic E-state index is 12.1. The largest absolute Gasteiger partial charge is 0.478 e. The molecule has 8 heteroatoms. The molecule has 0 aliphatic carbocycles. The predicted molar refractivity (Wildman–Crippen MR) is 91.5 cm³/mol. The SMILES string of the molecule is CC(C)(C)OC(=O)N1CCC[C@H](CCOc2ccc([N+](=O)[O-])cn2)C1. The fraction of sp³-hybridized carbons (Fsp3) is 0.647. The summed E-state index contributed by atoms with van der Waals surface area (Å²) in [6.45, 7) is 7.41. The molecule has 0 bridgehead atoms. The summed E-state index contributed by atoms with van der Waals surface area (Å²) in [5.74, 6) is 0.713. The third kappa shape index (κ3) is 6.21. The lowest BCUT2D eigenvalue weighted by Crippen LogP contribution is -2.43. The molecule has 0 N–H and O–H groups in total. The fourth-order valence-corrected chi connectivity index (χ4v) is 2.69. The van der Waals surface area contributed by atoms with E-state index in [1.165, 1.54) is 18.3 Å². The number of amides is 1. The van der Waals surface area contributed by atoms with Gasteiger partial charge in [0.1, 0.15) is 11.8 Å². The van der Waals surface area contributed by atoms with Crippen molar-refractivity contribution in [3.8, 4) is 5.88 Å². The summed E-state index contributed by atoms with van der Waals surface area (Å²) in [5, 5.41) is 10.6. The van der Waals surface area contributed by atoms with Gasteiger partial charge in [-0.25, -0.2) is 9.78 Å². The van der Waals surface area contributed by atoms with E-state index in [9.17, 15) is 14.9 Å². The second kappa shape index (κ2) is 8.13. The number of pyridine rings is 1. The number of aromatic nitrogens is 1. The van der Waals surface area contributed by atoms with Crippen LogP contribution in [0.1, 0.15) is 40.0 Å². The Bertz CT molecular complexity index is 597. The van der Waals surface area contributed by atoms with E-state index in [1.807, 2.05) is 20.8 Å². The average Bonchev–Trinajstić information content (AvgIpc) is 2.54. The molecule has 1 aromatic rings. The number of carbonyl (C=O) groups excluding carboxylic acids is 1. The van der Waals surface area contributed by atoms with Crippen molar-refractivity contribution in [3.63, 3.8) is 0 Å². The van der Waals surface area contributed by atoms with Gasteiger partial charge in [0.05, 0.1) is 11.5 Å². The molecule has 0 aromatic carbocycles. The molecular formula is C17H25N3O5. The minimum Gasteiger partial charge on any atom is -0.478 e. The molecule has 8 nitrogen and oxygen atoms in total. The van der Waals surface area contributed by atoms with Gasteiger partial charge in [-0.1, -0.05) is 0 Å². The smallest absolute Gasteiger partial charge is 0.410 e. The van der Waals surface area contributed by atoms with E-state index in [4.69, 9.17) is 9.47 Å². The zero-order valence-corrected chi connectivity index (χ0v) is 14.9. The number of piperidine rings is 1. The lowest BCUT2D eigenvalue weighted by molar-refractivity contribution is -0.385. The standard InChI is InChI=1S/C17H25N3O5/c1-17(2,3)25-16(21)19-9-4-5-13(12-19)8-10-24-15-7-6-14(11-18-15)20(22)23/h6-7,11,13H,4-5,8-10,12H2,1-3H3/t13-/m1/s1. The van der Waals surface area contributed by atoms with Crippen LogP contribution >= 0.6 is 0 Å². The third-order valence-corrected chi connectivity index (χ3v) is 3.88. The van der Waals surface area contributed by atoms with Gasteiger partial charge in [-0.05, 0) is 46.0 Å². The van der Waals surface area contributed by atoms with Gasteiger partial charge in [0.25, 0.3) is 5.69 Å². The number of nitrogens with zero attached hydrogens (tertiary/aromatic N) is 3. The van der Waals surface area contributed by atoms with Crippen molar-refractivity contribution in [1.29, 1.82) is 0 Å². The van der Waals surface area contributed by atoms with Crippen LogP contribution in [-0.2, 0) is 4.74 Å². The van der Waals surface area contributed by atoms with Crippen LogP contribution in [0.2, 0.25) is 0 Å². The van der Waals surface area contributed by atoms with E-state index in [-0.39, 0.29) is 11.8 Å². The number of nitro groups is 1. The van der Waals surface area contributed by atoms with Crippen LogP contribution in [0.25, 0.3) is 0 Å². The molecule has 1 fully saturated rings. The topological polar surface area (TPSA) is 94.8 Å². The highest BCUT2D eigenvalue weighted by Crippen LogP contribution is 2.22. The molecule has 1 atom stereocenters. The van der Waals surface area contributed by atoms with Crippen LogP contribution in [0.4, 0.5) is 10.5 Å². The molecule has 25 heavy (non-hydrogen) atoms. The lowest BCUT2D eigenvalue weighted by Gasteiger charge is -2.34. The van der Waals surface area contributed by atoms with Gasteiger partial charge >= 0.3 is 6.09 Å². The second-order valence-corrected chi connectivity index (χ2v) is 7.18. The number of hydrogen-bond donors (Lipinski definition) is 0. The van der Waals surface area contributed by atoms with Crippen molar-refractivity contribution in [2.24, 2.45) is 5.92 Å². The van der Waals surface area contributed by atoms with Crippen LogP contribution in [0.15, 0.2) is 18.3 Å². The lowest BCUT2D eigenvalue weighted by atomic mass is 9.95. The Morgan fingerprint density at radius 1 is 1.44 bits per heavy atom. The van der Waals surface area contributed by atoms with Crippen LogP contribution in [0.5, 0.6) is 5.88 Å². The first-order valence-electron chi connectivity index (χ1n) is 8.46. The second-order valence-electron chi connectivity index (χ2n) is 7.18. The van der Waals surface area contributed by atoms with E-state index in [0.29, 0.717) is 24.9 Å². The number of likely N-dealkylation sites (tertiary alicyclic amines) is 1. The van der Waals surface area contributed by atoms with Gasteiger partial charge in [-0.2, -0.15) is 0 Å². The van der Waals surface area contributed by atoms with E-state index in [2.05, 4.69) is 4.98 Å². The van der Waals surface area contributed by atoms with E-state index >= 15 is 0 Å². The number of ether oxygens (including phenoxy) is 2. The summed E-state index contributed by atoms with van der Waals surface area (Å²) in [6, 6.07) is 2.86. The Morgan fingerprint density at radius 3 is 2.80 bits per heavy atom. The Balaban J connectivity index is 1.77. The van der Waals surface area contributed by atoms with Gasteiger partial charge in [0.2, 0.25) is 5.88 Å². The van der Waals surface area contributed by atoms with Crippen molar-refractivity contribution in [2.75, 3.05) is 19.7 Å². The van der Waals surface area contributed by atoms with Crippen LogP contribution in [-0.4, -0.2) is 46.2 Å². The molecule has 0 saturated carbocycles. The summed E-state index contributed by atoms with van der Waals surface area (Å²) in [4.78, 5) is 27.9. The monoisotopic (exact) mass is 351 g/mol. The minimum absolute atomic E-state index is 0.0624. The normalized spacial score (nSPS) is 17.9. The molecule has 138 valence electrons. The van der Waals surface area contributed by atoms with Gasteiger partial charge in [-0.15, -0.1) is 0 Å². The molecule has 1 aliphatic heterocycles. The maximum Gasteiger partial charge on any atom is 0.410 e. The van der Waals surface area contributed by atoms with E-state index in [0.717, 1.165) is 25.8 Å². The van der Waals surface area contributed by atoms with Crippen molar-refractivity contribution < 1.29 is 19.2 Å². The fourth-order valence-electron chi connectivity index (χ4n) is 2.69. The minimum atomic E-state index is -0.496. The highest BCUT2D eigenvalue weighted by atomic mass is 16.6. The van der Waals surface area contributed by atoms with Crippen LogP contribution in [0.3, 0.4) is 0 Å². The highest BCUT2D eigenvalue weighted by Gasteiger charge is 2.27. The molecule has 0 radical (unpaired) electrons. The van der Waals surface area contributed by atoms with Gasteiger partial charge < -0.3 is 14.4 Å². The van der Waals surface area contributed by atoms with Crippen molar-refractivity contribution in [1.82, 2.24) is 9.88 Å². The van der Waals surface area contributed by atoms with Gasteiger partial charge in [-0.3, -0.25) is 10.1 Å². The van der Waals surface area contributed by atoms with Crippen LogP contribution in [0, 0.1) is 16.0 Å². The zero-order valence-electron chi connectivity index (χ0n) is 14.9. The molecule has 2 rings (SSSR count). The first-order chi connectivity index (χ1) is 11.7. The number of rotatable bonds is 5. The van der Waals surface area contributed by atoms with Crippen molar-refractivity contribution >= 4 is 11.8 Å². The molecule has 0 spiro atoms. The highest BCUT2D eigenvalue weighted by molar-refractivity contribution is 5.68. The molecule has 1 amide bonds. The van der Waals surface area contributed by atoms with Gasteiger partial charge in [0.15, 0.2) is 0 Å². The Morgan fingerprint density at radius 2 is 2.20 bits per heavy atom. The first kappa shape index (κ1) is 19.0. The number of carbonyl (C=O) groups is 1. The number of hydrogen-bond acceptors (Lipinski definition) is 6. The van der Waals surface area contributed by atoms with E-state index in [1.54, 1.807) is 4.90 Å². The van der Waals surface area contributed by atoms with E-state index < -0.39 is 10.5 Å². The molecular weight excluding hydrogens is 326 g/mol. The quantitative estimate of drug-likeness (QED) is 0.596. The third-order valence-electron chi connectivity index (χ3n) is 3.88. The van der Waals surface area contributed by atoms with Gasteiger partial charge in [0, 0.05) is 25.2 Å². The zero-order chi connectivity index (χ0) is 18.4. The summed E-state index contributed by atoms with van der Waals surface area (Å²) >= 11 is 0. The van der Waals surface area contributed by atoms with Crippen molar-refractivity contribution in [3.05, 3.63) is 28.4 Å². The summed E-state index contributed by atoms with van der Waals surface area (Å²) in [6.07, 6.45) is 3.68. The van der Waals surface area contributed by atoms with Crippen molar-refractivity contribution in [2.45, 2.75) is 45.6 Å². The van der Waals surface area contributed by atoms with Crippen LogP contribution < -0.4 is 4.74 Å². The molecule has 1 saturated heterocycles. The Kier molecular flexibility index (Phi) is 6.17.